The van der Waals surface area contributed by atoms with Gasteiger partial charge in [-0.05, 0) is 37.0 Å². The third-order valence-electron chi connectivity index (χ3n) is 5.81. The number of aromatic nitrogens is 1. The molecule has 0 unspecified atom stereocenters. The molecule has 2 fully saturated rings. The number of benzene rings is 1. The number of rotatable bonds is 5. The van der Waals surface area contributed by atoms with Gasteiger partial charge in [0.15, 0.2) is 5.76 Å². The molecule has 0 spiro atoms. The first-order valence-corrected chi connectivity index (χ1v) is 8.85. The third kappa shape index (κ3) is 2.85. The Morgan fingerprint density at radius 2 is 2.04 bits per heavy atom. The van der Waals surface area contributed by atoms with Gasteiger partial charge in [0.1, 0.15) is 0 Å². The van der Waals surface area contributed by atoms with E-state index in [4.69, 9.17) is 4.52 Å². The largest absolute Gasteiger partial charge is 0.356 e. The number of carbonyl (C=O) groups excluding carboxylic acids is 1. The quantitative estimate of drug-likeness (QED) is 0.909. The predicted octanol–water partition coefficient (Wildman–Crippen LogP) is 3.83. The Kier molecular flexibility index (Phi) is 3.70. The van der Waals surface area contributed by atoms with E-state index in [1.54, 1.807) is 0 Å². The number of hydrogen-bond acceptors (Lipinski definition) is 3. The Bertz CT molecular complexity index is 731. The van der Waals surface area contributed by atoms with Crippen LogP contribution >= 0.6 is 0 Å². The van der Waals surface area contributed by atoms with Gasteiger partial charge in [-0.1, -0.05) is 49.3 Å². The van der Waals surface area contributed by atoms with Crippen molar-refractivity contribution in [3.63, 3.8) is 0 Å². The van der Waals surface area contributed by atoms with Crippen molar-refractivity contribution in [2.75, 3.05) is 0 Å². The molecule has 0 aliphatic heterocycles. The van der Waals surface area contributed by atoms with Crippen molar-refractivity contribution >= 4 is 5.91 Å². The van der Waals surface area contributed by atoms with Gasteiger partial charge in [0.05, 0.1) is 5.69 Å². The molecule has 2 aromatic rings. The summed E-state index contributed by atoms with van der Waals surface area (Å²) in [5.41, 5.74) is 2.16. The van der Waals surface area contributed by atoms with Crippen LogP contribution in [0.3, 0.4) is 0 Å². The van der Waals surface area contributed by atoms with Crippen LogP contribution in [0.1, 0.15) is 38.8 Å². The average Bonchev–Trinajstić information content (AvgIpc) is 3.34. The molecule has 0 saturated heterocycles. The normalized spacial score (nSPS) is 25.1. The standard InChI is InChI=1S/C20H24N2O2/c1-20(2)15(11-18(20)21-19(23)14-8-9-14)10-16-12-17(24-22-16)13-6-4-3-5-7-13/h3-7,12,14-15,18H,8-11H2,1-2H3,(H,21,23)/t15-,18+/m1/s1. The van der Waals surface area contributed by atoms with Gasteiger partial charge in [-0.25, -0.2) is 0 Å². The molecule has 2 aliphatic carbocycles. The van der Waals surface area contributed by atoms with Crippen molar-refractivity contribution in [1.82, 2.24) is 10.5 Å². The monoisotopic (exact) mass is 324 g/mol. The van der Waals surface area contributed by atoms with Crippen molar-refractivity contribution in [2.24, 2.45) is 17.3 Å². The van der Waals surface area contributed by atoms with Gasteiger partial charge in [0.2, 0.25) is 5.91 Å². The first-order chi connectivity index (χ1) is 11.5. The fraction of sp³-hybridized carbons (Fsp3) is 0.500. The summed E-state index contributed by atoms with van der Waals surface area (Å²) in [4.78, 5) is 12.0. The van der Waals surface area contributed by atoms with Gasteiger partial charge >= 0.3 is 0 Å². The first kappa shape index (κ1) is 15.4. The number of nitrogens with zero attached hydrogens (tertiary/aromatic N) is 1. The minimum Gasteiger partial charge on any atom is -0.356 e. The van der Waals surface area contributed by atoms with Crippen molar-refractivity contribution in [3.05, 3.63) is 42.1 Å². The molecule has 1 N–H and O–H groups in total. The van der Waals surface area contributed by atoms with Gasteiger partial charge in [-0.15, -0.1) is 0 Å². The fourth-order valence-electron chi connectivity index (χ4n) is 3.64. The zero-order chi connectivity index (χ0) is 16.7. The minimum atomic E-state index is 0.108. The van der Waals surface area contributed by atoms with E-state index in [1.165, 1.54) is 0 Å². The maximum atomic E-state index is 12.0. The summed E-state index contributed by atoms with van der Waals surface area (Å²) in [7, 11) is 0. The van der Waals surface area contributed by atoms with E-state index in [-0.39, 0.29) is 23.3 Å². The summed E-state index contributed by atoms with van der Waals surface area (Å²) in [6.07, 6.45) is 4.05. The van der Waals surface area contributed by atoms with Gasteiger partial charge in [0.25, 0.3) is 0 Å². The lowest BCUT2D eigenvalue weighted by molar-refractivity contribution is -0.126. The molecule has 1 amide bonds. The highest BCUT2D eigenvalue weighted by atomic mass is 16.5. The molecular weight excluding hydrogens is 300 g/mol. The summed E-state index contributed by atoms with van der Waals surface area (Å²) in [6.45, 7) is 4.49. The summed E-state index contributed by atoms with van der Waals surface area (Å²) in [5, 5.41) is 7.47. The van der Waals surface area contributed by atoms with Crippen molar-refractivity contribution < 1.29 is 9.32 Å². The van der Waals surface area contributed by atoms with E-state index in [2.05, 4.69) is 24.3 Å². The van der Waals surface area contributed by atoms with E-state index in [9.17, 15) is 4.79 Å². The van der Waals surface area contributed by atoms with E-state index < -0.39 is 0 Å². The van der Waals surface area contributed by atoms with E-state index in [1.807, 2.05) is 36.4 Å². The predicted molar refractivity (Wildman–Crippen MR) is 92.2 cm³/mol. The molecular formula is C20H24N2O2. The summed E-state index contributed by atoms with van der Waals surface area (Å²) in [6, 6.07) is 12.4. The van der Waals surface area contributed by atoms with Crippen LogP contribution in [0.4, 0.5) is 0 Å². The average molecular weight is 324 g/mol. The van der Waals surface area contributed by atoms with Gasteiger partial charge in [-0.2, -0.15) is 0 Å². The molecule has 2 saturated carbocycles. The van der Waals surface area contributed by atoms with Crippen LogP contribution in [0, 0.1) is 17.3 Å². The number of carbonyl (C=O) groups is 1. The molecule has 4 rings (SSSR count). The second-order valence-corrected chi connectivity index (χ2v) is 7.84. The molecule has 2 atom stereocenters. The highest BCUT2D eigenvalue weighted by Crippen LogP contribution is 2.48. The van der Waals surface area contributed by atoms with Crippen LogP contribution in [-0.4, -0.2) is 17.1 Å². The summed E-state index contributed by atoms with van der Waals surface area (Å²) < 4.78 is 5.50. The van der Waals surface area contributed by atoms with Crippen LogP contribution in [0.25, 0.3) is 11.3 Å². The van der Waals surface area contributed by atoms with Crippen molar-refractivity contribution in [2.45, 2.75) is 45.6 Å². The van der Waals surface area contributed by atoms with Gasteiger partial charge < -0.3 is 9.84 Å². The van der Waals surface area contributed by atoms with Gasteiger partial charge in [-0.3, -0.25) is 4.79 Å². The molecule has 1 heterocycles. The van der Waals surface area contributed by atoms with E-state index >= 15 is 0 Å². The zero-order valence-corrected chi connectivity index (χ0v) is 14.3. The maximum absolute atomic E-state index is 12.0. The van der Waals surface area contributed by atoms with E-state index in [0.717, 1.165) is 42.7 Å². The Morgan fingerprint density at radius 3 is 2.71 bits per heavy atom. The second-order valence-electron chi connectivity index (χ2n) is 7.84. The number of amides is 1. The lowest BCUT2D eigenvalue weighted by atomic mass is 9.57. The smallest absolute Gasteiger partial charge is 0.223 e. The zero-order valence-electron chi connectivity index (χ0n) is 14.3. The molecule has 1 aromatic heterocycles. The molecule has 126 valence electrons. The first-order valence-electron chi connectivity index (χ1n) is 8.85. The Labute approximate surface area is 142 Å². The topological polar surface area (TPSA) is 55.1 Å². The lowest BCUT2D eigenvalue weighted by Gasteiger charge is -2.52. The van der Waals surface area contributed by atoms with Crippen LogP contribution < -0.4 is 5.32 Å². The minimum absolute atomic E-state index is 0.108. The highest BCUT2D eigenvalue weighted by molar-refractivity contribution is 5.81. The van der Waals surface area contributed by atoms with Crippen molar-refractivity contribution in [3.8, 4) is 11.3 Å². The molecule has 4 heteroatoms. The SMILES string of the molecule is CC1(C)[C@H](Cc2cc(-c3ccccc3)on2)C[C@@H]1NC(=O)C1CC1. The lowest BCUT2D eigenvalue weighted by Crippen LogP contribution is -2.59. The second kappa shape index (κ2) is 5.76. The number of nitrogens with one attached hydrogen (secondary N) is 1. The maximum Gasteiger partial charge on any atom is 0.223 e. The summed E-state index contributed by atoms with van der Waals surface area (Å²) in [5.74, 6) is 1.88. The Hall–Kier alpha value is -2.10. The summed E-state index contributed by atoms with van der Waals surface area (Å²) >= 11 is 0. The van der Waals surface area contributed by atoms with Crippen LogP contribution in [-0.2, 0) is 11.2 Å². The van der Waals surface area contributed by atoms with E-state index in [0.29, 0.717) is 5.92 Å². The van der Waals surface area contributed by atoms with Crippen LogP contribution in [0.5, 0.6) is 0 Å². The molecule has 2 aliphatic rings. The molecule has 0 bridgehead atoms. The Balaban J connectivity index is 1.38. The van der Waals surface area contributed by atoms with Crippen LogP contribution in [0.15, 0.2) is 40.9 Å². The van der Waals surface area contributed by atoms with Gasteiger partial charge in [0, 0.05) is 23.6 Å². The molecule has 1 aromatic carbocycles. The van der Waals surface area contributed by atoms with Crippen LogP contribution in [0.2, 0.25) is 0 Å². The molecule has 24 heavy (non-hydrogen) atoms. The molecule has 4 nitrogen and oxygen atoms in total. The highest BCUT2D eigenvalue weighted by Gasteiger charge is 2.49. The van der Waals surface area contributed by atoms with Crippen molar-refractivity contribution in [1.29, 1.82) is 0 Å². The molecule has 0 radical (unpaired) electrons. The number of hydrogen-bond donors (Lipinski definition) is 1. The Morgan fingerprint density at radius 1 is 1.29 bits per heavy atom. The third-order valence-corrected chi connectivity index (χ3v) is 5.81. The fourth-order valence-corrected chi connectivity index (χ4v) is 3.64.